The van der Waals surface area contributed by atoms with Crippen LogP contribution in [0.2, 0.25) is 0 Å². The first-order chi connectivity index (χ1) is 19.8. The molecule has 1 fully saturated rings. The summed E-state index contributed by atoms with van der Waals surface area (Å²) in [6, 6.07) is 14.9. The lowest BCUT2D eigenvalue weighted by Gasteiger charge is -2.34. The fourth-order valence-electron chi connectivity index (χ4n) is 5.15. The van der Waals surface area contributed by atoms with E-state index in [1.54, 1.807) is 12.1 Å². The number of nitrogen functional groups attached to an aromatic ring is 1. The lowest BCUT2D eigenvalue weighted by molar-refractivity contribution is 0.100. The van der Waals surface area contributed by atoms with E-state index in [0.717, 1.165) is 60.4 Å². The van der Waals surface area contributed by atoms with Crippen LogP contribution in [0.4, 0.5) is 17.2 Å². The summed E-state index contributed by atoms with van der Waals surface area (Å²) < 4.78 is 0. The summed E-state index contributed by atoms with van der Waals surface area (Å²) in [5.41, 5.74) is 15.0. The number of aryl methyl sites for hydroxylation is 1. The van der Waals surface area contributed by atoms with Gasteiger partial charge in [-0.3, -0.25) is 14.6 Å². The number of hydrogen-bond acceptors (Lipinski definition) is 9. The number of hydrogen-bond donors (Lipinski definition) is 5. The molecule has 3 aromatic heterocycles. The molecule has 11 heteroatoms. The quantitative estimate of drug-likeness (QED) is 0.191. The number of benzene rings is 1. The summed E-state index contributed by atoms with van der Waals surface area (Å²) in [5.74, 6) is 0.113. The third-order valence-electron chi connectivity index (χ3n) is 7.35. The monoisotopic (exact) mass is 573 g/mol. The van der Waals surface area contributed by atoms with E-state index < -0.39 is 12.0 Å². The van der Waals surface area contributed by atoms with Gasteiger partial charge >= 0.3 is 0 Å². The molecular formula is C30H35N7O3S. The summed E-state index contributed by atoms with van der Waals surface area (Å²) in [6.45, 7) is 4.10. The first-order valence-corrected chi connectivity index (χ1v) is 14.7. The van der Waals surface area contributed by atoms with Gasteiger partial charge in [-0.15, -0.1) is 11.3 Å². The number of carbonyl (C=O) groups is 2. The third kappa shape index (κ3) is 6.48. The molecule has 1 atom stereocenters. The standard InChI is InChI=1S/C30H35N7O3S/c1-2-6-18-15-24(36-30-25(18)26(31)27(41-30)28(32)39)37-13-11-20(12-14-37)33-17-23(38)22-10-9-19(16-34-22)29(40)35-21-7-4-3-5-8-21/h3-5,7-10,15-16,20,23,33,38H,2,6,11-14,17,31H2,1H3,(H2,32,39)(H,35,40). The van der Waals surface area contributed by atoms with E-state index >= 15 is 0 Å². The minimum atomic E-state index is -0.788. The highest BCUT2D eigenvalue weighted by atomic mass is 32.1. The van der Waals surface area contributed by atoms with E-state index in [9.17, 15) is 14.7 Å². The Kier molecular flexibility index (Phi) is 8.77. The molecule has 1 aliphatic heterocycles. The molecule has 0 bridgehead atoms. The number of pyridine rings is 2. The van der Waals surface area contributed by atoms with Crippen molar-refractivity contribution < 1.29 is 14.7 Å². The van der Waals surface area contributed by atoms with Crippen molar-refractivity contribution in [2.24, 2.45) is 5.73 Å². The molecule has 5 rings (SSSR count). The minimum absolute atomic E-state index is 0.245. The second kappa shape index (κ2) is 12.6. The molecule has 2 amide bonds. The number of thiophene rings is 1. The lowest BCUT2D eigenvalue weighted by atomic mass is 10.0. The first kappa shape index (κ1) is 28.5. The van der Waals surface area contributed by atoms with E-state index in [1.165, 1.54) is 17.5 Å². The van der Waals surface area contributed by atoms with Crippen molar-refractivity contribution in [3.8, 4) is 0 Å². The summed E-state index contributed by atoms with van der Waals surface area (Å²) in [7, 11) is 0. The van der Waals surface area contributed by atoms with Gasteiger partial charge in [-0.1, -0.05) is 31.5 Å². The number of amides is 2. The average molecular weight is 574 g/mol. The Balaban J connectivity index is 1.15. The molecule has 41 heavy (non-hydrogen) atoms. The number of para-hydroxylation sites is 1. The van der Waals surface area contributed by atoms with Crippen LogP contribution in [-0.4, -0.2) is 52.6 Å². The van der Waals surface area contributed by atoms with Crippen molar-refractivity contribution in [2.45, 2.75) is 44.8 Å². The molecule has 7 N–H and O–H groups in total. The molecule has 1 aromatic carbocycles. The zero-order valence-electron chi connectivity index (χ0n) is 23.0. The van der Waals surface area contributed by atoms with Gasteiger partial charge in [-0.05, 0) is 55.2 Å². The van der Waals surface area contributed by atoms with Gasteiger partial charge in [0, 0.05) is 42.9 Å². The van der Waals surface area contributed by atoms with Gasteiger partial charge in [-0.2, -0.15) is 0 Å². The van der Waals surface area contributed by atoms with E-state index in [2.05, 4.69) is 33.5 Å². The number of rotatable bonds is 10. The number of anilines is 3. The van der Waals surface area contributed by atoms with Crippen LogP contribution in [0.25, 0.3) is 10.2 Å². The highest BCUT2D eigenvalue weighted by Gasteiger charge is 2.24. The molecule has 0 aliphatic carbocycles. The Bertz CT molecular complexity index is 1520. The maximum Gasteiger partial charge on any atom is 0.260 e. The number of piperidine rings is 1. The summed E-state index contributed by atoms with van der Waals surface area (Å²) in [5, 5.41) is 17.8. The Morgan fingerprint density at radius 3 is 2.59 bits per heavy atom. The smallest absolute Gasteiger partial charge is 0.260 e. The number of aliphatic hydroxyl groups excluding tert-OH is 1. The molecular weight excluding hydrogens is 538 g/mol. The number of nitrogens with zero attached hydrogens (tertiary/aromatic N) is 3. The van der Waals surface area contributed by atoms with Crippen molar-refractivity contribution in [3.05, 3.63) is 76.4 Å². The predicted octanol–water partition coefficient (Wildman–Crippen LogP) is 3.87. The first-order valence-electron chi connectivity index (χ1n) is 13.8. The van der Waals surface area contributed by atoms with Crippen molar-refractivity contribution in [1.82, 2.24) is 15.3 Å². The fourth-order valence-corrected chi connectivity index (χ4v) is 6.14. The number of fused-ring (bicyclic) bond motifs is 1. The maximum atomic E-state index is 12.5. The normalized spacial score (nSPS) is 14.7. The number of primary amides is 1. The molecule has 214 valence electrons. The molecule has 1 saturated heterocycles. The van der Waals surface area contributed by atoms with Gasteiger partial charge in [0.05, 0.1) is 16.9 Å². The number of nitrogens with one attached hydrogen (secondary N) is 2. The zero-order valence-corrected chi connectivity index (χ0v) is 23.8. The Morgan fingerprint density at radius 2 is 1.93 bits per heavy atom. The molecule has 4 aromatic rings. The molecule has 4 heterocycles. The molecule has 0 radical (unpaired) electrons. The SMILES string of the molecule is CCCc1cc(N2CCC(NCC(O)c3ccc(C(=O)Nc4ccccc4)cn3)CC2)nc2sc(C(N)=O)c(N)c12. The van der Waals surface area contributed by atoms with Crippen LogP contribution in [0, 0.1) is 0 Å². The van der Waals surface area contributed by atoms with Crippen LogP contribution in [0.5, 0.6) is 0 Å². The maximum absolute atomic E-state index is 12.5. The van der Waals surface area contributed by atoms with Gasteiger partial charge in [0.25, 0.3) is 11.8 Å². The van der Waals surface area contributed by atoms with Gasteiger partial charge in [0.1, 0.15) is 21.6 Å². The number of aliphatic hydroxyl groups is 1. The summed E-state index contributed by atoms with van der Waals surface area (Å²) >= 11 is 1.26. The highest BCUT2D eigenvalue weighted by molar-refractivity contribution is 7.21. The van der Waals surface area contributed by atoms with Crippen LogP contribution in [-0.2, 0) is 6.42 Å². The van der Waals surface area contributed by atoms with Gasteiger partial charge in [-0.25, -0.2) is 4.98 Å². The Hall–Kier alpha value is -4.06. The second-order valence-electron chi connectivity index (χ2n) is 10.3. The van der Waals surface area contributed by atoms with E-state index in [1.807, 2.05) is 30.3 Å². The van der Waals surface area contributed by atoms with Crippen molar-refractivity contribution >= 4 is 50.6 Å². The average Bonchev–Trinajstić information content (AvgIpc) is 3.33. The third-order valence-corrected chi connectivity index (χ3v) is 8.46. The van der Waals surface area contributed by atoms with Crippen LogP contribution in [0.15, 0.2) is 54.7 Å². The second-order valence-corrected chi connectivity index (χ2v) is 11.3. The lowest BCUT2D eigenvalue weighted by Crippen LogP contribution is -2.44. The predicted molar refractivity (Wildman–Crippen MR) is 163 cm³/mol. The molecule has 0 saturated carbocycles. The van der Waals surface area contributed by atoms with Crippen molar-refractivity contribution in [2.75, 3.05) is 35.6 Å². The topological polar surface area (TPSA) is 159 Å². The van der Waals surface area contributed by atoms with Crippen LogP contribution >= 0.6 is 11.3 Å². The number of nitrogens with two attached hydrogens (primary N) is 2. The van der Waals surface area contributed by atoms with Crippen molar-refractivity contribution in [3.63, 3.8) is 0 Å². The fraction of sp³-hybridized carbons (Fsp3) is 0.333. The van der Waals surface area contributed by atoms with E-state index in [0.29, 0.717) is 34.1 Å². The Morgan fingerprint density at radius 1 is 1.17 bits per heavy atom. The van der Waals surface area contributed by atoms with Crippen LogP contribution in [0.1, 0.15) is 63.6 Å². The van der Waals surface area contributed by atoms with E-state index in [4.69, 9.17) is 16.5 Å². The molecule has 10 nitrogen and oxygen atoms in total. The van der Waals surface area contributed by atoms with Gasteiger partial charge < -0.3 is 32.1 Å². The van der Waals surface area contributed by atoms with Crippen LogP contribution in [0.3, 0.4) is 0 Å². The van der Waals surface area contributed by atoms with Crippen molar-refractivity contribution in [1.29, 1.82) is 0 Å². The largest absolute Gasteiger partial charge is 0.397 e. The van der Waals surface area contributed by atoms with Crippen LogP contribution < -0.4 is 27.0 Å². The Labute approximate surface area is 242 Å². The zero-order chi connectivity index (χ0) is 28.9. The summed E-state index contributed by atoms with van der Waals surface area (Å²) in [6.07, 6.45) is 4.27. The molecule has 0 spiro atoms. The summed E-state index contributed by atoms with van der Waals surface area (Å²) in [4.78, 5) is 36.8. The number of carbonyl (C=O) groups excluding carboxylic acids is 2. The minimum Gasteiger partial charge on any atom is -0.397 e. The number of aromatic nitrogens is 2. The van der Waals surface area contributed by atoms with E-state index in [-0.39, 0.29) is 11.9 Å². The van der Waals surface area contributed by atoms with Gasteiger partial charge in [0.15, 0.2) is 0 Å². The van der Waals surface area contributed by atoms with Gasteiger partial charge in [0.2, 0.25) is 0 Å². The molecule has 1 unspecified atom stereocenters. The highest BCUT2D eigenvalue weighted by Crippen LogP contribution is 2.37. The molecule has 1 aliphatic rings.